The van der Waals surface area contributed by atoms with Crippen LogP contribution in [0.15, 0.2) is 22.7 Å². The van der Waals surface area contributed by atoms with Gasteiger partial charge in [0.15, 0.2) is 0 Å². The number of nitrogens with zero attached hydrogens (tertiary/aromatic N) is 3. The van der Waals surface area contributed by atoms with Gasteiger partial charge >= 0.3 is 0 Å². The van der Waals surface area contributed by atoms with Gasteiger partial charge in [0.25, 0.3) is 11.8 Å². The van der Waals surface area contributed by atoms with Gasteiger partial charge in [-0.1, -0.05) is 0 Å². The minimum Gasteiger partial charge on any atom is -0.399 e. The third kappa shape index (κ3) is 2.04. The van der Waals surface area contributed by atoms with Crippen LogP contribution in [0.5, 0.6) is 0 Å². The summed E-state index contributed by atoms with van der Waals surface area (Å²) < 4.78 is 2.47. The third-order valence-electron chi connectivity index (χ3n) is 3.56. The van der Waals surface area contributed by atoms with Crippen molar-refractivity contribution in [1.82, 2.24) is 14.7 Å². The third-order valence-corrected chi connectivity index (χ3v) is 4.60. The lowest BCUT2D eigenvalue weighted by Crippen LogP contribution is -2.30. The van der Waals surface area contributed by atoms with E-state index in [2.05, 4.69) is 21.0 Å². The van der Waals surface area contributed by atoms with Gasteiger partial charge in [0, 0.05) is 12.7 Å². The van der Waals surface area contributed by atoms with Crippen LogP contribution in [0.2, 0.25) is 0 Å². The van der Waals surface area contributed by atoms with E-state index in [1.165, 1.54) is 4.90 Å². The second-order valence-electron chi connectivity index (χ2n) is 4.97. The van der Waals surface area contributed by atoms with Gasteiger partial charge in [0.1, 0.15) is 0 Å². The van der Waals surface area contributed by atoms with E-state index in [9.17, 15) is 9.59 Å². The Kier molecular flexibility index (Phi) is 3.09. The van der Waals surface area contributed by atoms with Gasteiger partial charge in [-0.3, -0.25) is 19.2 Å². The molecule has 7 heteroatoms. The zero-order valence-corrected chi connectivity index (χ0v) is 13.1. The lowest BCUT2D eigenvalue weighted by molar-refractivity contribution is 0.0638. The van der Waals surface area contributed by atoms with Crippen LogP contribution in [0, 0.1) is 6.92 Å². The first-order chi connectivity index (χ1) is 9.90. The second kappa shape index (κ2) is 4.70. The number of aromatic nitrogens is 2. The number of amides is 2. The van der Waals surface area contributed by atoms with Crippen LogP contribution >= 0.6 is 15.9 Å². The Morgan fingerprint density at radius 1 is 1.24 bits per heavy atom. The zero-order valence-electron chi connectivity index (χ0n) is 11.6. The maximum Gasteiger partial charge on any atom is 0.261 e. The van der Waals surface area contributed by atoms with Crippen molar-refractivity contribution in [3.63, 3.8) is 0 Å². The summed E-state index contributed by atoms with van der Waals surface area (Å²) in [6.07, 6.45) is 0. The van der Waals surface area contributed by atoms with Gasteiger partial charge in [0.2, 0.25) is 0 Å². The molecule has 1 aromatic heterocycles. The van der Waals surface area contributed by atoms with Crippen molar-refractivity contribution in [2.75, 3.05) is 5.73 Å². The highest BCUT2D eigenvalue weighted by Crippen LogP contribution is 2.28. The van der Waals surface area contributed by atoms with Crippen molar-refractivity contribution in [3.8, 4) is 0 Å². The van der Waals surface area contributed by atoms with Gasteiger partial charge in [0.05, 0.1) is 33.5 Å². The number of hydrogen-bond donors (Lipinski definition) is 1. The van der Waals surface area contributed by atoms with Crippen LogP contribution in [-0.4, -0.2) is 26.5 Å². The van der Waals surface area contributed by atoms with Gasteiger partial charge in [-0.15, -0.1) is 0 Å². The van der Waals surface area contributed by atoms with Crippen molar-refractivity contribution >= 4 is 33.4 Å². The molecule has 0 aliphatic carbocycles. The Morgan fingerprint density at radius 2 is 1.90 bits per heavy atom. The minimum atomic E-state index is -0.326. The number of nitrogen functional groups attached to an aromatic ring is 1. The SMILES string of the molecule is Cc1nn(C)c(CN2C(=O)c3ccc(N)cc3C2=O)c1Br. The minimum absolute atomic E-state index is 0.171. The number of aryl methyl sites for hydroxylation is 2. The van der Waals surface area contributed by atoms with Gasteiger partial charge < -0.3 is 5.73 Å². The summed E-state index contributed by atoms with van der Waals surface area (Å²) >= 11 is 3.44. The van der Waals surface area contributed by atoms with E-state index in [1.807, 2.05) is 6.92 Å². The van der Waals surface area contributed by atoms with E-state index in [4.69, 9.17) is 5.73 Å². The Balaban J connectivity index is 1.99. The maximum absolute atomic E-state index is 12.4. The molecule has 1 aliphatic heterocycles. The average molecular weight is 349 g/mol. The summed E-state index contributed by atoms with van der Waals surface area (Å²) in [6, 6.07) is 4.76. The van der Waals surface area contributed by atoms with Crippen LogP contribution in [0.1, 0.15) is 32.1 Å². The van der Waals surface area contributed by atoms with Crippen LogP contribution in [-0.2, 0) is 13.6 Å². The van der Waals surface area contributed by atoms with E-state index in [-0.39, 0.29) is 18.4 Å². The van der Waals surface area contributed by atoms with Crippen molar-refractivity contribution in [1.29, 1.82) is 0 Å². The number of imide groups is 1. The quantitative estimate of drug-likeness (QED) is 0.663. The molecule has 108 valence electrons. The van der Waals surface area contributed by atoms with Crippen molar-refractivity contribution < 1.29 is 9.59 Å². The molecule has 2 N–H and O–H groups in total. The lowest BCUT2D eigenvalue weighted by atomic mass is 10.1. The Hall–Kier alpha value is -2.15. The molecule has 0 radical (unpaired) electrons. The van der Waals surface area contributed by atoms with Crippen LogP contribution < -0.4 is 5.73 Å². The summed E-state index contributed by atoms with van der Waals surface area (Å²) in [5.74, 6) is -0.631. The normalized spacial score (nSPS) is 14.0. The Bertz CT molecular complexity index is 782. The monoisotopic (exact) mass is 348 g/mol. The Morgan fingerprint density at radius 3 is 2.52 bits per heavy atom. The van der Waals surface area contributed by atoms with E-state index in [1.54, 1.807) is 29.9 Å². The standard InChI is InChI=1S/C14H13BrN4O2/c1-7-12(15)11(18(2)17-7)6-19-13(20)9-4-3-8(16)5-10(9)14(19)21/h3-5H,6,16H2,1-2H3. The fourth-order valence-corrected chi connectivity index (χ4v) is 2.91. The number of carbonyl (C=O) groups excluding carboxylic acids is 2. The molecule has 0 unspecified atom stereocenters. The fourth-order valence-electron chi connectivity index (χ4n) is 2.45. The molecule has 0 bridgehead atoms. The molecule has 1 aromatic carbocycles. The largest absolute Gasteiger partial charge is 0.399 e. The van der Waals surface area contributed by atoms with E-state index in [0.29, 0.717) is 16.8 Å². The van der Waals surface area contributed by atoms with Crippen molar-refractivity contribution in [3.05, 3.63) is 45.2 Å². The molecule has 2 aromatic rings. The molecular formula is C14H13BrN4O2. The average Bonchev–Trinajstić information content (AvgIpc) is 2.81. The van der Waals surface area contributed by atoms with Crippen molar-refractivity contribution in [2.45, 2.75) is 13.5 Å². The van der Waals surface area contributed by atoms with Crippen molar-refractivity contribution in [2.24, 2.45) is 7.05 Å². The van der Waals surface area contributed by atoms with Crippen LogP contribution in [0.4, 0.5) is 5.69 Å². The molecule has 2 heterocycles. The van der Waals surface area contributed by atoms with Crippen LogP contribution in [0.25, 0.3) is 0 Å². The van der Waals surface area contributed by atoms with E-state index in [0.717, 1.165) is 15.9 Å². The summed E-state index contributed by atoms with van der Waals surface area (Å²) in [4.78, 5) is 26.0. The van der Waals surface area contributed by atoms with Gasteiger partial charge in [-0.2, -0.15) is 5.10 Å². The number of rotatable bonds is 2. The number of anilines is 1. The van der Waals surface area contributed by atoms with E-state index >= 15 is 0 Å². The molecule has 0 saturated heterocycles. The molecule has 6 nitrogen and oxygen atoms in total. The van der Waals surface area contributed by atoms with E-state index < -0.39 is 0 Å². The molecule has 0 spiro atoms. The molecule has 1 aliphatic rings. The highest BCUT2D eigenvalue weighted by molar-refractivity contribution is 9.10. The fraction of sp³-hybridized carbons (Fsp3) is 0.214. The molecule has 21 heavy (non-hydrogen) atoms. The first kappa shape index (κ1) is 13.8. The molecule has 3 rings (SSSR count). The van der Waals surface area contributed by atoms with Crippen LogP contribution in [0.3, 0.4) is 0 Å². The Labute approximate surface area is 129 Å². The highest BCUT2D eigenvalue weighted by atomic mass is 79.9. The number of benzene rings is 1. The maximum atomic E-state index is 12.4. The molecular weight excluding hydrogens is 336 g/mol. The first-order valence-electron chi connectivity index (χ1n) is 6.34. The number of carbonyl (C=O) groups is 2. The summed E-state index contributed by atoms with van der Waals surface area (Å²) in [5, 5.41) is 4.27. The zero-order chi connectivity index (χ0) is 15.3. The van der Waals surface area contributed by atoms with Gasteiger partial charge in [-0.25, -0.2) is 0 Å². The van der Waals surface area contributed by atoms with Gasteiger partial charge in [-0.05, 0) is 41.1 Å². The lowest BCUT2D eigenvalue weighted by Gasteiger charge is -2.14. The topological polar surface area (TPSA) is 81.2 Å². The molecule has 0 saturated carbocycles. The predicted octanol–water partition coefficient (Wildman–Crippen LogP) is 1.87. The molecule has 2 amide bonds. The number of halogens is 1. The highest BCUT2D eigenvalue weighted by Gasteiger charge is 2.36. The first-order valence-corrected chi connectivity index (χ1v) is 7.13. The predicted molar refractivity (Wildman–Crippen MR) is 80.7 cm³/mol. The number of nitrogens with two attached hydrogens (primary N) is 1. The second-order valence-corrected chi connectivity index (χ2v) is 5.76. The number of fused-ring (bicyclic) bond motifs is 1. The molecule has 0 atom stereocenters. The summed E-state index contributed by atoms with van der Waals surface area (Å²) in [7, 11) is 1.78. The summed E-state index contributed by atoms with van der Waals surface area (Å²) in [6.45, 7) is 2.03. The molecule has 0 fully saturated rings. The summed E-state index contributed by atoms with van der Waals surface area (Å²) in [5.41, 5.74) is 8.49. The number of hydrogen-bond acceptors (Lipinski definition) is 4. The smallest absolute Gasteiger partial charge is 0.261 e.